The number of benzene rings is 1. The molecule has 1 aromatic carbocycles. The predicted octanol–water partition coefficient (Wildman–Crippen LogP) is 2.90. The number of hydrogen-bond acceptors (Lipinski definition) is 5. The molecule has 1 aliphatic carbocycles. The Kier molecular flexibility index (Phi) is 6.32. The van der Waals surface area contributed by atoms with Crippen molar-refractivity contribution in [3.05, 3.63) is 73.6 Å². The number of amides is 1. The number of nitrogens with zero attached hydrogens (tertiary/aromatic N) is 3. The van der Waals surface area contributed by atoms with Gasteiger partial charge in [0.25, 0.3) is 11.5 Å². The molecule has 1 saturated carbocycles. The lowest BCUT2D eigenvalue weighted by Crippen LogP contribution is -2.33. The fourth-order valence-corrected chi connectivity index (χ4v) is 4.81. The van der Waals surface area contributed by atoms with Crippen LogP contribution < -0.4 is 16.6 Å². The van der Waals surface area contributed by atoms with Gasteiger partial charge in [0, 0.05) is 31.2 Å². The Morgan fingerprint density at radius 2 is 1.91 bits per heavy atom. The molecule has 1 saturated heterocycles. The number of pyridine rings is 1. The van der Waals surface area contributed by atoms with E-state index < -0.39 is 11.2 Å². The Balaban J connectivity index is 1.43. The van der Waals surface area contributed by atoms with Crippen LogP contribution in [0, 0.1) is 0 Å². The van der Waals surface area contributed by atoms with Crippen molar-refractivity contribution in [2.45, 2.75) is 64.6 Å². The summed E-state index contributed by atoms with van der Waals surface area (Å²) in [6, 6.07) is 10.0. The van der Waals surface area contributed by atoms with Gasteiger partial charge in [0.2, 0.25) is 0 Å². The molecular formula is C26H31N5O3. The van der Waals surface area contributed by atoms with Gasteiger partial charge in [0.05, 0.1) is 10.9 Å². The van der Waals surface area contributed by atoms with Crippen molar-refractivity contribution in [3.8, 4) is 0 Å². The van der Waals surface area contributed by atoms with Crippen molar-refractivity contribution in [1.82, 2.24) is 24.8 Å². The molecule has 0 bridgehead atoms. The third-order valence-electron chi connectivity index (χ3n) is 6.71. The number of aromatic nitrogens is 3. The maximum atomic E-state index is 13.3. The SMILES string of the molecule is CCCn1c(=O)[nH]c(=O)c2c(C(=O)NCc3cccc(CN4CCCC4)c3)cc(C3CC3)nc21. The van der Waals surface area contributed by atoms with Crippen LogP contribution in [0.3, 0.4) is 0 Å². The summed E-state index contributed by atoms with van der Waals surface area (Å²) in [5.74, 6) is -0.0471. The standard InChI is InChI=1S/C26H31N5O3/c1-2-10-31-23-22(25(33)29-26(31)34)20(14-21(28-23)19-8-9-19)24(32)27-15-17-6-5-7-18(13-17)16-30-11-3-4-12-30/h5-7,13-14,19H,2-4,8-12,15-16H2,1H3,(H,27,32)(H,29,33,34). The van der Waals surface area contributed by atoms with E-state index in [1.807, 2.05) is 19.1 Å². The van der Waals surface area contributed by atoms with Gasteiger partial charge in [-0.3, -0.25) is 24.0 Å². The van der Waals surface area contributed by atoms with Crippen molar-refractivity contribution in [2.24, 2.45) is 0 Å². The highest BCUT2D eigenvalue weighted by Crippen LogP contribution is 2.39. The summed E-state index contributed by atoms with van der Waals surface area (Å²) in [5.41, 5.74) is 2.56. The largest absolute Gasteiger partial charge is 0.348 e. The second-order valence-electron chi connectivity index (χ2n) is 9.46. The Morgan fingerprint density at radius 1 is 1.15 bits per heavy atom. The summed E-state index contributed by atoms with van der Waals surface area (Å²) >= 11 is 0. The zero-order chi connectivity index (χ0) is 23.7. The minimum atomic E-state index is -0.569. The van der Waals surface area contributed by atoms with Gasteiger partial charge in [-0.25, -0.2) is 9.78 Å². The molecule has 3 aromatic rings. The summed E-state index contributed by atoms with van der Waals surface area (Å²) in [6.07, 6.45) is 5.23. The number of aromatic amines is 1. The molecule has 2 N–H and O–H groups in total. The number of likely N-dealkylation sites (tertiary alicyclic amines) is 1. The Hall–Kier alpha value is -3.26. The smallest absolute Gasteiger partial charge is 0.329 e. The van der Waals surface area contributed by atoms with Gasteiger partial charge in [0.15, 0.2) is 5.65 Å². The number of aryl methyl sites for hydroxylation is 1. The minimum absolute atomic E-state index is 0.178. The molecule has 0 unspecified atom stereocenters. The molecule has 0 atom stereocenters. The second kappa shape index (κ2) is 9.54. The first-order valence-corrected chi connectivity index (χ1v) is 12.3. The molecule has 8 heteroatoms. The fourth-order valence-electron chi connectivity index (χ4n) is 4.81. The summed E-state index contributed by atoms with van der Waals surface area (Å²) in [5, 5.41) is 3.17. The first kappa shape index (κ1) is 22.5. The molecule has 2 aliphatic rings. The van der Waals surface area contributed by atoms with E-state index in [9.17, 15) is 14.4 Å². The van der Waals surface area contributed by atoms with E-state index in [0.29, 0.717) is 25.2 Å². The van der Waals surface area contributed by atoms with Crippen LogP contribution in [-0.2, 0) is 19.6 Å². The molecule has 5 rings (SSSR count). The quantitative estimate of drug-likeness (QED) is 0.537. The Bertz CT molecular complexity index is 1330. The Morgan fingerprint density at radius 3 is 2.65 bits per heavy atom. The number of hydrogen-bond donors (Lipinski definition) is 2. The third kappa shape index (κ3) is 4.68. The molecule has 1 amide bonds. The summed E-state index contributed by atoms with van der Waals surface area (Å²) in [4.78, 5) is 48.0. The number of carbonyl (C=O) groups excluding carboxylic acids is 1. The van der Waals surface area contributed by atoms with Crippen molar-refractivity contribution in [2.75, 3.05) is 13.1 Å². The van der Waals surface area contributed by atoms with Crippen LogP contribution in [0.5, 0.6) is 0 Å². The molecule has 1 aliphatic heterocycles. The molecule has 2 fully saturated rings. The van der Waals surface area contributed by atoms with E-state index in [0.717, 1.165) is 43.7 Å². The zero-order valence-electron chi connectivity index (χ0n) is 19.6. The van der Waals surface area contributed by atoms with E-state index in [-0.39, 0.29) is 22.8 Å². The van der Waals surface area contributed by atoms with Crippen LogP contribution in [0.4, 0.5) is 0 Å². The summed E-state index contributed by atoms with van der Waals surface area (Å²) in [6.45, 7) is 5.94. The summed E-state index contributed by atoms with van der Waals surface area (Å²) < 4.78 is 1.47. The lowest BCUT2D eigenvalue weighted by molar-refractivity contribution is 0.0952. The normalized spacial score (nSPS) is 16.3. The van der Waals surface area contributed by atoms with E-state index >= 15 is 0 Å². The van der Waals surface area contributed by atoms with Crippen molar-refractivity contribution >= 4 is 16.9 Å². The van der Waals surface area contributed by atoms with Crippen LogP contribution in [0.15, 0.2) is 39.9 Å². The lowest BCUT2D eigenvalue weighted by Gasteiger charge is -2.15. The van der Waals surface area contributed by atoms with Gasteiger partial charge < -0.3 is 5.32 Å². The van der Waals surface area contributed by atoms with Gasteiger partial charge in [-0.05, 0) is 62.4 Å². The molecule has 3 heterocycles. The maximum absolute atomic E-state index is 13.3. The highest BCUT2D eigenvalue weighted by atomic mass is 16.2. The Labute approximate surface area is 198 Å². The molecule has 0 spiro atoms. The topological polar surface area (TPSA) is 100 Å². The monoisotopic (exact) mass is 461 g/mol. The molecular weight excluding hydrogens is 430 g/mol. The van der Waals surface area contributed by atoms with Crippen LogP contribution in [0.25, 0.3) is 11.0 Å². The number of nitrogens with one attached hydrogen (secondary N) is 2. The fraction of sp³-hybridized carbons (Fsp3) is 0.462. The van der Waals surface area contributed by atoms with Gasteiger partial charge in [-0.1, -0.05) is 31.2 Å². The van der Waals surface area contributed by atoms with Gasteiger partial charge in [-0.2, -0.15) is 0 Å². The number of H-pyrrole nitrogens is 1. The number of fused-ring (bicyclic) bond motifs is 1. The lowest BCUT2D eigenvalue weighted by atomic mass is 10.1. The van der Waals surface area contributed by atoms with Gasteiger partial charge >= 0.3 is 5.69 Å². The maximum Gasteiger partial charge on any atom is 0.329 e. The highest BCUT2D eigenvalue weighted by Gasteiger charge is 2.28. The van der Waals surface area contributed by atoms with E-state index in [1.165, 1.54) is 23.0 Å². The van der Waals surface area contributed by atoms with Crippen LogP contribution in [-0.4, -0.2) is 38.4 Å². The first-order valence-electron chi connectivity index (χ1n) is 12.3. The molecule has 8 nitrogen and oxygen atoms in total. The zero-order valence-corrected chi connectivity index (χ0v) is 19.6. The molecule has 0 radical (unpaired) electrons. The molecule has 34 heavy (non-hydrogen) atoms. The van der Waals surface area contributed by atoms with E-state index in [2.05, 4.69) is 32.3 Å². The highest BCUT2D eigenvalue weighted by molar-refractivity contribution is 6.05. The van der Waals surface area contributed by atoms with Crippen LogP contribution >= 0.6 is 0 Å². The van der Waals surface area contributed by atoms with Crippen LogP contribution in [0.2, 0.25) is 0 Å². The van der Waals surface area contributed by atoms with Crippen LogP contribution in [0.1, 0.15) is 72.1 Å². The average Bonchev–Trinajstić information content (AvgIpc) is 3.56. The van der Waals surface area contributed by atoms with Crippen molar-refractivity contribution in [3.63, 3.8) is 0 Å². The number of carbonyl (C=O) groups is 1. The first-order chi connectivity index (χ1) is 16.5. The van der Waals surface area contributed by atoms with Gasteiger partial charge in [-0.15, -0.1) is 0 Å². The van der Waals surface area contributed by atoms with E-state index in [4.69, 9.17) is 0 Å². The van der Waals surface area contributed by atoms with E-state index in [1.54, 1.807) is 6.07 Å². The van der Waals surface area contributed by atoms with Crippen molar-refractivity contribution in [1.29, 1.82) is 0 Å². The average molecular weight is 462 g/mol. The number of rotatable bonds is 8. The minimum Gasteiger partial charge on any atom is -0.348 e. The molecule has 2 aromatic heterocycles. The summed E-state index contributed by atoms with van der Waals surface area (Å²) in [7, 11) is 0. The van der Waals surface area contributed by atoms with Crippen molar-refractivity contribution < 1.29 is 4.79 Å². The second-order valence-corrected chi connectivity index (χ2v) is 9.46. The third-order valence-corrected chi connectivity index (χ3v) is 6.71. The molecule has 178 valence electrons. The predicted molar refractivity (Wildman–Crippen MR) is 131 cm³/mol. The van der Waals surface area contributed by atoms with Gasteiger partial charge in [0.1, 0.15) is 0 Å².